The first-order chi connectivity index (χ1) is 13.4. The van der Waals surface area contributed by atoms with Crippen molar-refractivity contribution in [2.45, 2.75) is 58.8 Å². The maximum absolute atomic E-state index is 13.0. The van der Waals surface area contributed by atoms with E-state index in [-0.39, 0.29) is 16.7 Å². The van der Waals surface area contributed by atoms with Crippen LogP contribution in [0.25, 0.3) is 0 Å². The summed E-state index contributed by atoms with van der Waals surface area (Å²) in [7, 11) is 0. The Morgan fingerprint density at radius 2 is 1.82 bits per heavy atom. The maximum atomic E-state index is 13.0. The second kappa shape index (κ2) is 6.55. The van der Waals surface area contributed by atoms with Gasteiger partial charge in [-0.2, -0.15) is 0 Å². The third-order valence-corrected chi connectivity index (χ3v) is 9.05. The van der Waals surface area contributed by atoms with Crippen molar-refractivity contribution in [1.29, 1.82) is 0 Å². The lowest BCUT2D eigenvalue weighted by Gasteiger charge is -2.55. The van der Waals surface area contributed by atoms with Crippen LogP contribution in [0.1, 0.15) is 58.8 Å². The number of ether oxygens (including phenoxy) is 1. The van der Waals surface area contributed by atoms with Crippen molar-refractivity contribution in [1.82, 2.24) is 4.90 Å². The van der Waals surface area contributed by atoms with E-state index in [0.29, 0.717) is 49.8 Å². The lowest BCUT2D eigenvalue weighted by Crippen LogP contribution is -2.49. The predicted molar refractivity (Wildman–Crippen MR) is 108 cm³/mol. The molecule has 0 aromatic heterocycles. The van der Waals surface area contributed by atoms with Crippen LogP contribution in [0.15, 0.2) is 23.3 Å². The van der Waals surface area contributed by atoms with Gasteiger partial charge in [0.25, 0.3) is 0 Å². The molecule has 0 radical (unpaired) electrons. The standard InChI is InChI=1S/C24H33NO3/c1-23-9-7-16(22(27)25-11-13-28-14-12-25)15-17(23)3-4-18-19-5-6-21(26)24(19,2)10-8-20(18)23/h3,15,18-20H,4-14H2,1-2H3/t18-,19-,20-,23-,24-/m0/s1. The highest BCUT2D eigenvalue weighted by atomic mass is 16.5. The zero-order valence-electron chi connectivity index (χ0n) is 17.3. The minimum absolute atomic E-state index is 0.0646. The monoisotopic (exact) mass is 383 g/mol. The number of ketones is 1. The Balaban J connectivity index is 1.41. The lowest BCUT2D eigenvalue weighted by molar-refractivity contribution is -0.133. The van der Waals surface area contributed by atoms with Crippen LogP contribution in [0.2, 0.25) is 0 Å². The van der Waals surface area contributed by atoms with Crippen LogP contribution in [0.5, 0.6) is 0 Å². The quantitative estimate of drug-likeness (QED) is 0.690. The van der Waals surface area contributed by atoms with Crippen LogP contribution in [-0.4, -0.2) is 42.9 Å². The molecule has 1 amide bonds. The number of allylic oxidation sites excluding steroid dienone is 3. The summed E-state index contributed by atoms with van der Waals surface area (Å²) in [4.78, 5) is 27.5. The van der Waals surface area contributed by atoms with E-state index in [1.54, 1.807) is 0 Å². The van der Waals surface area contributed by atoms with Crippen molar-refractivity contribution in [2.75, 3.05) is 26.3 Å². The Morgan fingerprint density at radius 1 is 1.07 bits per heavy atom. The van der Waals surface area contributed by atoms with Crippen LogP contribution in [0.4, 0.5) is 0 Å². The van der Waals surface area contributed by atoms with Crippen LogP contribution in [0, 0.1) is 28.6 Å². The Labute approximate surface area is 168 Å². The van der Waals surface area contributed by atoms with Gasteiger partial charge in [-0.1, -0.05) is 26.0 Å². The molecule has 1 aliphatic heterocycles. The normalized spacial score (nSPS) is 42.9. The van der Waals surface area contributed by atoms with E-state index in [4.69, 9.17) is 4.74 Å². The second-order valence-electron chi connectivity index (χ2n) is 10.2. The summed E-state index contributed by atoms with van der Waals surface area (Å²) < 4.78 is 5.40. The third-order valence-electron chi connectivity index (χ3n) is 9.05. The van der Waals surface area contributed by atoms with Crippen molar-refractivity contribution >= 4 is 11.7 Å². The molecule has 4 heteroatoms. The summed E-state index contributed by atoms with van der Waals surface area (Å²) in [6.07, 6.45) is 11.8. The molecule has 0 aromatic rings. The molecule has 4 aliphatic carbocycles. The molecule has 5 atom stereocenters. The summed E-state index contributed by atoms with van der Waals surface area (Å²) in [6, 6.07) is 0. The van der Waals surface area contributed by atoms with Crippen molar-refractivity contribution in [3.05, 3.63) is 23.3 Å². The van der Waals surface area contributed by atoms with Crippen LogP contribution in [0.3, 0.4) is 0 Å². The summed E-state index contributed by atoms with van der Waals surface area (Å²) in [5, 5.41) is 0. The molecule has 1 saturated heterocycles. The zero-order chi connectivity index (χ0) is 19.5. The Kier molecular flexibility index (Phi) is 4.35. The molecular weight excluding hydrogens is 350 g/mol. The highest BCUT2D eigenvalue weighted by Gasteiger charge is 2.58. The molecule has 2 saturated carbocycles. The van der Waals surface area contributed by atoms with Gasteiger partial charge in [-0.05, 0) is 67.3 Å². The molecule has 5 rings (SSSR count). The molecule has 3 fully saturated rings. The van der Waals surface area contributed by atoms with Gasteiger partial charge >= 0.3 is 0 Å². The summed E-state index contributed by atoms with van der Waals surface area (Å²) in [5.74, 6) is 2.59. The van der Waals surface area contributed by atoms with Gasteiger partial charge < -0.3 is 9.64 Å². The number of amides is 1. The van der Waals surface area contributed by atoms with E-state index in [1.165, 1.54) is 5.57 Å². The minimum Gasteiger partial charge on any atom is -0.378 e. The third kappa shape index (κ3) is 2.59. The second-order valence-corrected chi connectivity index (χ2v) is 10.2. The molecule has 1 heterocycles. The van der Waals surface area contributed by atoms with Gasteiger partial charge in [-0.3, -0.25) is 9.59 Å². The van der Waals surface area contributed by atoms with Gasteiger partial charge in [0.05, 0.1) is 13.2 Å². The van der Waals surface area contributed by atoms with E-state index >= 15 is 0 Å². The smallest absolute Gasteiger partial charge is 0.249 e. The molecule has 0 bridgehead atoms. The Morgan fingerprint density at radius 3 is 2.61 bits per heavy atom. The lowest BCUT2D eigenvalue weighted by atomic mass is 9.48. The van der Waals surface area contributed by atoms with Crippen molar-refractivity contribution in [3.8, 4) is 0 Å². The molecule has 152 valence electrons. The van der Waals surface area contributed by atoms with Gasteiger partial charge in [-0.25, -0.2) is 0 Å². The van der Waals surface area contributed by atoms with Gasteiger partial charge in [0.2, 0.25) is 5.91 Å². The van der Waals surface area contributed by atoms with Crippen molar-refractivity contribution < 1.29 is 14.3 Å². The first-order valence-corrected chi connectivity index (χ1v) is 11.2. The first-order valence-electron chi connectivity index (χ1n) is 11.2. The molecule has 0 unspecified atom stereocenters. The number of rotatable bonds is 1. The predicted octanol–water partition coefficient (Wildman–Crippen LogP) is 3.91. The Bertz CT molecular complexity index is 762. The number of hydrogen-bond donors (Lipinski definition) is 0. The average molecular weight is 384 g/mol. The molecule has 0 spiro atoms. The topological polar surface area (TPSA) is 46.6 Å². The van der Waals surface area contributed by atoms with Crippen LogP contribution >= 0.6 is 0 Å². The molecule has 28 heavy (non-hydrogen) atoms. The average Bonchev–Trinajstić information content (AvgIpc) is 3.02. The fourth-order valence-electron chi connectivity index (χ4n) is 7.23. The van der Waals surface area contributed by atoms with Gasteiger partial charge in [-0.15, -0.1) is 0 Å². The van der Waals surface area contributed by atoms with Crippen LogP contribution < -0.4 is 0 Å². The highest BCUT2D eigenvalue weighted by Crippen LogP contribution is 2.63. The van der Waals surface area contributed by atoms with Crippen molar-refractivity contribution in [3.63, 3.8) is 0 Å². The van der Waals surface area contributed by atoms with Gasteiger partial charge in [0.15, 0.2) is 0 Å². The van der Waals surface area contributed by atoms with Gasteiger partial charge in [0, 0.05) is 30.5 Å². The number of carbonyl (C=O) groups excluding carboxylic acids is 2. The number of nitrogens with zero attached hydrogens (tertiary/aromatic N) is 1. The van der Waals surface area contributed by atoms with E-state index < -0.39 is 0 Å². The molecule has 4 nitrogen and oxygen atoms in total. The molecule has 0 aromatic carbocycles. The summed E-state index contributed by atoms with van der Waals surface area (Å²) >= 11 is 0. The summed E-state index contributed by atoms with van der Waals surface area (Å²) in [5.41, 5.74) is 2.49. The molecular formula is C24H33NO3. The van der Waals surface area contributed by atoms with Gasteiger partial charge in [0.1, 0.15) is 5.78 Å². The fraction of sp³-hybridized carbons (Fsp3) is 0.750. The molecule has 0 N–H and O–H groups in total. The first kappa shape index (κ1) is 18.6. The Hall–Kier alpha value is -1.42. The molecule has 5 aliphatic rings. The number of hydrogen-bond acceptors (Lipinski definition) is 3. The van der Waals surface area contributed by atoms with Crippen molar-refractivity contribution in [2.24, 2.45) is 28.6 Å². The van der Waals surface area contributed by atoms with E-state index in [0.717, 1.165) is 50.5 Å². The largest absolute Gasteiger partial charge is 0.378 e. The highest BCUT2D eigenvalue weighted by molar-refractivity contribution is 5.94. The van der Waals surface area contributed by atoms with Crippen LogP contribution in [-0.2, 0) is 14.3 Å². The zero-order valence-corrected chi connectivity index (χ0v) is 17.3. The SMILES string of the molecule is C[C@]12CCC(C(=O)N3CCOCC3)=CC1=CC[C@@H]1[C@@H]2CC[C@]2(C)C(=O)CC[C@@H]12. The number of fused-ring (bicyclic) bond motifs is 5. The number of carbonyl (C=O) groups is 2. The minimum atomic E-state index is -0.0646. The maximum Gasteiger partial charge on any atom is 0.249 e. The van der Waals surface area contributed by atoms with E-state index in [2.05, 4.69) is 26.0 Å². The number of morpholine rings is 1. The van der Waals surface area contributed by atoms with E-state index in [9.17, 15) is 9.59 Å². The van der Waals surface area contributed by atoms with E-state index in [1.807, 2.05) is 4.90 Å². The fourth-order valence-corrected chi connectivity index (χ4v) is 7.23. The number of Topliss-reactive ketones (excluding diaryl/α,β-unsaturated/α-hetero) is 1. The summed E-state index contributed by atoms with van der Waals surface area (Å²) in [6.45, 7) is 7.41.